The number of aliphatic hydroxyl groups excluding tert-OH is 2. The van der Waals surface area contributed by atoms with Gasteiger partial charge in [0.2, 0.25) is 0 Å². The van der Waals surface area contributed by atoms with Gasteiger partial charge in [0.15, 0.2) is 0 Å². The van der Waals surface area contributed by atoms with E-state index in [1.165, 1.54) is 0 Å². The third-order valence-corrected chi connectivity index (χ3v) is 2.45. The maximum Gasteiger partial charge on any atom is 0.107 e. The van der Waals surface area contributed by atoms with Gasteiger partial charge >= 0.3 is 0 Å². The van der Waals surface area contributed by atoms with Gasteiger partial charge < -0.3 is 14.9 Å². The van der Waals surface area contributed by atoms with Crippen molar-refractivity contribution >= 4 is 7.85 Å². The molecule has 14 heavy (non-hydrogen) atoms. The van der Waals surface area contributed by atoms with Crippen LogP contribution >= 0.6 is 0 Å². The van der Waals surface area contributed by atoms with E-state index in [-0.39, 0.29) is 12.6 Å². The Balaban J connectivity index is 2.60. The van der Waals surface area contributed by atoms with Crippen molar-refractivity contribution in [3.8, 4) is 0 Å². The summed E-state index contributed by atoms with van der Waals surface area (Å²) >= 11 is 0. The van der Waals surface area contributed by atoms with E-state index in [1.54, 1.807) is 6.92 Å². The predicted octanol–water partition coefficient (Wildman–Crippen LogP) is -2.50. The average Bonchev–Trinajstić information content (AvgIpc) is 2.10. The number of aliphatic hydroxyl groups is 2. The van der Waals surface area contributed by atoms with Gasteiger partial charge in [-0.1, -0.05) is 0 Å². The van der Waals surface area contributed by atoms with Crippen molar-refractivity contribution in [2.45, 2.75) is 37.2 Å². The third-order valence-electron chi connectivity index (χ3n) is 2.45. The van der Waals surface area contributed by atoms with Gasteiger partial charge in [-0.2, -0.15) is 5.12 Å². The first-order valence-electron chi connectivity index (χ1n) is 4.47. The predicted molar refractivity (Wildman–Crippen MR) is 50.9 cm³/mol. The molecule has 7 heteroatoms. The second-order valence-electron chi connectivity index (χ2n) is 3.63. The Morgan fingerprint density at radius 1 is 1.36 bits per heavy atom. The standard InChI is InChI=1S/C7H16BN3O3/c1-3-5(8)7(13)6(12)4(14-3)2-11(9)10/h3-7,12-13H,2,9-10H2,1H3/t3-,4?,5-,6+,7?/m1/s1. The van der Waals surface area contributed by atoms with E-state index < -0.39 is 24.1 Å². The summed E-state index contributed by atoms with van der Waals surface area (Å²) in [6.45, 7) is 1.86. The molecule has 0 saturated carbocycles. The highest BCUT2D eigenvalue weighted by atomic mass is 16.5. The zero-order chi connectivity index (χ0) is 10.9. The summed E-state index contributed by atoms with van der Waals surface area (Å²) in [5.74, 6) is 9.84. The number of hydrogen-bond acceptors (Lipinski definition) is 6. The molecule has 6 nitrogen and oxygen atoms in total. The molecule has 0 bridgehead atoms. The van der Waals surface area contributed by atoms with Crippen LogP contribution < -0.4 is 11.7 Å². The van der Waals surface area contributed by atoms with Crippen LogP contribution in [-0.2, 0) is 4.74 Å². The fourth-order valence-electron chi connectivity index (χ4n) is 1.53. The highest BCUT2D eigenvalue weighted by Crippen LogP contribution is 2.27. The van der Waals surface area contributed by atoms with Gasteiger partial charge in [-0.15, -0.1) is 0 Å². The molecule has 1 saturated heterocycles. The van der Waals surface area contributed by atoms with Crippen molar-refractivity contribution in [3.05, 3.63) is 0 Å². The second kappa shape index (κ2) is 4.56. The molecule has 1 aliphatic heterocycles. The monoisotopic (exact) mass is 201 g/mol. The molecule has 5 atom stereocenters. The lowest BCUT2D eigenvalue weighted by molar-refractivity contribution is -0.168. The van der Waals surface area contributed by atoms with Crippen LogP contribution in [0.15, 0.2) is 0 Å². The van der Waals surface area contributed by atoms with Gasteiger partial charge in [0.05, 0.1) is 26.6 Å². The summed E-state index contributed by atoms with van der Waals surface area (Å²) in [7, 11) is 5.59. The van der Waals surface area contributed by atoms with E-state index in [2.05, 4.69) is 0 Å². The quantitative estimate of drug-likeness (QED) is 0.223. The lowest BCUT2D eigenvalue weighted by Crippen LogP contribution is -2.57. The number of rotatable bonds is 2. The minimum absolute atomic E-state index is 0.134. The molecule has 1 rings (SSSR count). The molecule has 0 aromatic rings. The van der Waals surface area contributed by atoms with Gasteiger partial charge in [-0.25, -0.2) is 0 Å². The van der Waals surface area contributed by atoms with Crippen LogP contribution in [0.1, 0.15) is 6.92 Å². The van der Waals surface area contributed by atoms with Gasteiger partial charge in [-0.3, -0.25) is 11.7 Å². The summed E-state index contributed by atoms with van der Waals surface area (Å²) in [4.78, 5) is 0. The first kappa shape index (κ1) is 11.9. The molecule has 0 amide bonds. The van der Waals surface area contributed by atoms with E-state index in [1.807, 2.05) is 0 Å². The first-order valence-corrected chi connectivity index (χ1v) is 4.47. The topological polar surface area (TPSA) is 105 Å². The Morgan fingerprint density at radius 3 is 2.43 bits per heavy atom. The Morgan fingerprint density at radius 2 is 1.93 bits per heavy atom. The smallest absolute Gasteiger partial charge is 0.107 e. The lowest BCUT2D eigenvalue weighted by atomic mass is 9.73. The lowest BCUT2D eigenvalue weighted by Gasteiger charge is -2.41. The number of hydrazine groups is 2. The highest BCUT2D eigenvalue weighted by Gasteiger charge is 2.39. The molecule has 1 fully saturated rings. The van der Waals surface area contributed by atoms with E-state index in [9.17, 15) is 10.2 Å². The minimum atomic E-state index is -1.06. The van der Waals surface area contributed by atoms with Crippen molar-refractivity contribution in [1.82, 2.24) is 5.12 Å². The van der Waals surface area contributed by atoms with Crippen molar-refractivity contribution in [3.63, 3.8) is 0 Å². The van der Waals surface area contributed by atoms with Crippen LogP contribution in [0, 0.1) is 0 Å². The van der Waals surface area contributed by atoms with Crippen LogP contribution in [0.25, 0.3) is 0 Å². The van der Waals surface area contributed by atoms with Crippen molar-refractivity contribution in [1.29, 1.82) is 0 Å². The van der Waals surface area contributed by atoms with E-state index in [0.29, 0.717) is 0 Å². The van der Waals surface area contributed by atoms with Crippen LogP contribution in [0.3, 0.4) is 0 Å². The van der Waals surface area contributed by atoms with Gasteiger partial charge in [0.25, 0.3) is 0 Å². The molecular formula is C7H16BN3O3. The highest BCUT2D eigenvalue weighted by molar-refractivity contribution is 6.12. The zero-order valence-corrected chi connectivity index (χ0v) is 8.08. The molecule has 6 N–H and O–H groups in total. The minimum Gasteiger partial charge on any atom is -0.391 e. The summed E-state index contributed by atoms with van der Waals surface area (Å²) in [5, 5.41) is 20.0. The number of hydrogen-bond donors (Lipinski definition) is 4. The van der Waals surface area contributed by atoms with Crippen molar-refractivity contribution < 1.29 is 14.9 Å². The van der Waals surface area contributed by atoms with E-state index in [0.717, 1.165) is 5.12 Å². The molecule has 1 aliphatic rings. The third kappa shape index (κ3) is 2.44. The molecule has 0 aromatic heterocycles. The molecule has 0 spiro atoms. The van der Waals surface area contributed by atoms with Gasteiger partial charge in [0, 0.05) is 0 Å². The molecule has 1 heterocycles. The summed E-state index contributed by atoms with van der Waals surface area (Å²) in [6, 6.07) is 0. The Labute approximate surface area is 84.2 Å². The van der Waals surface area contributed by atoms with Crippen LogP contribution in [0.2, 0.25) is 5.82 Å². The Bertz CT molecular complexity index is 195. The Hall–Kier alpha value is -0.175. The van der Waals surface area contributed by atoms with Crippen LogP contribution in [-0.4, -0.2) is 54.1 Å². The molecule has 0 aromatic carbocycles. The van der Waals surface area contributed by atoms with Gasteiger partial charge in [-0.05, 0) is 12.7 Å². The average molecular weight is 201 g/mol. The fourth-order valence-corrected chi connectivity index (χ4v) is 1.53. The molecule has 80 valence electrons. The molecule has 2 radical (unpaired) electrons. The van der Waals surface area contributed by atoms with Gasteiger partial charge in [0.1, 0.15) is 12.2 Å². The number of nitrogens with zero attached hydrogens (tertiary/aromatic N) is 1. The maximum absolute atomic E-state index is 9.58. The van der Waals surface area contributed by atoms with E-state index >= 15 is 0 Å². The summed E-state index contributed by atoms with van der Waals surface area (Å²) in [5.41, 5.74) is 0. The molecule has 2 unspecified atom stereocenters. The zero-order valence-electron chi connectivity index (χ0n) is 8.08. The summed E-state index contributed by atoms with van der Waals surface area (Å²) < 4.78 is 5.36. The molecular weight excluding hydrogens is 185 g/mol. The summed E-state index contributed by atoms with van der Waals surface area (Å²) in [6.07, 6.45) is -3.02. The second-order valence-corrected chi connectivity index (χ2v) is 3.63. The normalized spacial score (nSPS) is 44.3. The molecule has 0 aliphatic carbocycles. The maximum atomic E-state index is 9.58. The van der Waals surface area contributed by atoms with Crippen LogP contribution in [0.5, 0.6) is 0 Å². The Kier molecular flexibility index (Phi) is 3.88. The van der Waals surface area contributed by atoms with Crippen molar-refractivity contribution in [2.24, 2.45) is 11.7 Å². The fraction of sp³-hybridized carbons (Fsp3) is 1.00. The van der Waals surface area contributed by atoms with Crippen LogP contribution in [0.4, 0.5) is 0 Å². The largest absolute Gasteiger partial charge is 0.391 e. The van der Waals surface area contributed by atoms with E-state index in [4.69, 9.17) is 24.3 Å². The number of nitrogens with two attached hydrogens (primary N) is 2. The SMILES string of the molecule is [B][C@H]1C(O)[C@@H](O)C(CN(N)N)O[C@@H]1C. The van der Waals surface area contributed by atoms with Crippen molar-refractivity contribution in [2.75, 3.05) is 6.54 Å². The first-order chi connectivity index (χ1) is 6.43. The number of ether oxygens (including phenoxy) is 1.